The van der Waals surface area contributed by atoms with E-state index in [1.165, 1.54) is 18.2 Å². The summed E-state index contributed by atoms with van der Waals surface area (Å²) < 4.78 is 38.2. The Morgan fingerprint density at radius 2 is 1.56 bits per heavy atom. The Balaban J connectivity index is 2.54. The molecule has 0 aliphatic heterocycles. The quantitative estimate of drug-likeness (QED) is 0.787. The number of sulfone groups is 1. The first-order chi connectivity index (χ1) is 8.41. The first-order valence-electron chi connectivity index (χ1n) is 5.18. The van der Waals surface area contributed by atoms with E-state index in [2.05, 4.69) is 15.9 Å². The molecule has 0 atom stereocenters. The third-order valence-corrected chi connectivity index (χ3v) is 5.22. The van der Waals surface area contributed by atoms with Gasteiger partial charge in [0.1, 0.15) is 5.82 Å². The van der Waals surface area contributed by atoms with E-state index in [4.69, 9.17) is 0 Å². The van der Waals surface area contributed by atoms with Gasteiger partial charge < -0.3 is 0 Å². The lowest BCUT2D eigenvalue weighted by Gasteiger charge is -2.06. The lowest BCUT2D eigenvalue weighted by molar-refractivity contribution is 0.594. The molecule has 5 heteroatoms. The third kappa shape index (κ3) is 2.47. The predicted molar refractivity (Wildman–Crippen MR) is 70.7 cm³/mol. The van der Waals surface area contributed by atoms with E-state index < -0.39 is 15.7 Å². The molecule has 94 valence electrons. The summed E-state index contributed by atoms with van der Waals surface area (Å²) in [5.74, 6) is -0.457. The van der Waals surface area contributed by atoms with E-state index in [0.717, 1.165) is 22.2 Å². The highest BCUT2D eigenvalue weighted by molar-refractivity contribution is 9.10. The minimum absolute atomic E-state index is 0.0885. The molecule has 0 amide bonds. The van der Waals surface area contributed by atoms with Crippen LogP contribution in [0.3, 0.4) is 0 Å². The maximum Gasteiger partial charge on any atom is 0.206 e. The Morgan fingerprint density at radius 1 is 1.00 bits per heavy atom. The maximum absolute atomic E-state index is 12.8. The SMILES string of the molecule is Cc1cc(S(=O)(=O)c2ccc(F)cc2)ccc1Br. The van der Waals surface area contributed by atoms with Gasteiger partial charge >= 0.3 is 0 Å². The van der Waals surface area contributed by atoms with Crippen LogP contribution in [0.5, 0.6) is 0 Å². The van der Waals surface area contributed by atoms with Gasteiger partial charge in [-0.2, -0.15) is 0 Å². The summed E-state index contributed by atoms with van der Waals surface area (Å²) in [4.78, 5) is 0.292. The van der Waals surface area contributed by atoms with Crippen LogP contribution in [0.15, 0.2) is 56.7 Å². The monoisotopic (exact) mass is 328 g/mol. The Labute approximate surface area is 114 Å². The zero-order valence-corrected chi connectivity index (χ0v) is 11.9. The second kappa shape index (κ2) is 4.82. The van der Waals surface area contributed by atoms with Gasteiger partial charge in [0.25, 0.3) is 0 Å². The largest absolute Gasteiger partial charge is 0.219 e. The summed E-state index contributed by atoms with van der Waals surface area (Å²) in [7, 11) is -3.58. The summed E-state index contributed by atoms with van der Waals surface area (Å²) in [6.45, 7) is 1.81. The number of aryl methyl sites for hydroxylation is 1. The zero-order chi connectivity index (χ0) is 13.3. The van der Waals surface area contributed by atoms with Crippen molar-refractivity contribution in [3.63, 3.8) is 0 Å². The van der Waals surface area contributed by atoms with Crippen molar-refractivity contribution in [2.45, 2.75) is 16.7 Å². The molecule has 2 rings (SSSR count). The van der Waals surface area contributed by atoms with Crippen molar-refractivity contribution < 1.29 is 12.8 Å². The second-order valence-electron chi connectivity index (χ2n) is 3.87. The molecule has 18 heavy (non-hydrogen) atoms. The molecule has 2 nitrogen and oxygen atoms in total. The van der Waals surface area contributed by atoms with Gasteiger partial charge in [0.15, 0.2) is 0 Å². The fraction of sp³-hybridized carbons (Fsp3) is 0.0769. The summed E-state index contributed by atoms with van der Waals surface area (Å²) in [5.41, 5.74) is 0.832. The topological polar surface area (TPSA) is 34.1 Å². The van der Waals surface area contributed by atoms with Crippen LogP contribution in [0.1, 0.15) is 5.56 Å². The Bertz CT molecular complexity index is 679. The number of benzene rings is 2. The lowest BCUT2D eigenvalue weighted by atomic mass is 10.2. The van der Waals surface area contributed by atoms with Gasteiger partial charge in [-0.3, -0.25) is 0 Å². The van der Waals surface area contributed by atoms with E-state index in [0.29, 0.717) is 0 Å². The molecule has 2 aromatic rings. The van der Waals surface area contributed by atoms with Crippen LogP contribution in [0, 0.1) is 12.7 Å². The van der Waals surface area contributed by atoms with Crippen LogP contribution >= 0.6 is 15.9 Å². The molecule has 0 aliphatic carbocycles. The van der Waals surface area contributed by atoms with Crippen LogP contribution in [0.4, 0.5) is 4.39 Å². The normalized spacial score (nSPS) is 11.5. The summed E-state index contributed by atoms with van der Waals surface area (Å²) in [5, 5.41) is 0. The fourth-order valence-electron chi connectivity index (χ4n) is 1.53. The number of hydrogen-bond acceptors (Lipinski definition) is 2. The van der Waals surface area contributed by atoms with Crippen molar-refractivity contribution >= 4 is 25.8 Å². The molecular formula is C13H10BrFO2S. The van der Waals surface area contributed by atoms with Gasteiger partial charge in [-0.25, -0.2) is 12.8 Å². The Hall–Kier alpha value is -1.20. The highest BCUT2D eigenvalue weighted by Crippen LogP contribution is 2.25. The minimum Gasteiger partial charge on any atom is -0.219 e. The van der Waals surface area contributed by atoms with Crippen LogP contribution in [0.25, 0.3) is 0 Å². The lowest BCUT2D eigenvalue weighted by Crippen LogP contribution is -2.02. The number of hydrogen-bond donors (Lipinski definition) is 0. The van der Waals surface area contributed by atoms with Crippen LogP contribution in [-0.2, 0) is 9.84 Å². The summed E-state index contributed by atoms with van der Waals surface area (Å²) in [6.07, 6.45) is 0. The average molecular weight is 329 g/mol. The van der Waals surface area contributed by atoms with Crippen molar-refractivity contribution in [2.75, 3.05) is 0 Å². The van der Waals surface area contributed by atoms with Crippen molar-refractivity contribution in [1.29, 1.82) is 0 Å². The van der Waals surface area contributed by atoms with Crippen molar-refractivity contribution in [1.82, 2.24) is 0 Å². The summed E-state index contributed by atoms with van der Waals surface area (Å²) >= 11 is 3.32. The molecule has 0 unspecified atom stereocenters. The molecule has 2 aromatic carbocycles. The standard InChI is InChI=1S/C13H10BrFO2S/c1-9-8-12(6-7-13(9)14)18(16,17)11-4-2-10(15)3-5-11/h2-8H,1H3. The molecule has 0 fully saturated rings. The van der Waals surface area contributed by atoms with Gasteiger partial charge in [0, 0.05) is 4.47 Å². The molecule has 0 saturated carbocycles. The molecule has 0 bridgehead atoms. The molecule has 0 radical (unpaired) electrons. The molecule has 0 N–H and O–H groups in total. The van der Waals surface area contributed by atoms with E-state index in [1.807, 2.05) is 6.92 Å². The first kappa shape index (κ1) is 13.2. The Morgan fingerprint density at radius 3 is 2.11 bits per heavy atom. The van der Waals surface area contributed by atoms with Gasteiger partial charge in [-0.1, -0.05) is 15.9 Å². The average Bonchev–Trinajstić information content (AvgIpc) is 2.33. The fourth-order valence-corrected chi connectivity index (χ4v) is 3.13. The molecule has 0 aliphatic rings. The second-order valence-corrected chi connectivity index (χ2v) is 6.67. The third-order valence-electron chi connectivity index (χ3n) is 2.56. The van der Waals surface area contributed by atoms with E-state index in [9.17, 15) is 12.8 Å². The predicted octanol–water partition coefficient (Wildman–Crippen LogP) is 3.73. The van der Waals surface area contributed by atoms with Crippen molar-refractivity contribution in [3.05, 3.63) is 58.3 Å². The summed E-state index contributed by atoms with van der Waals surface area (Å²) in [6, 6.07) is 9.60. The number of rotatable bonds is 2. The van der Waals surface area contributed by atoms with E-state index in [1.54, 1.807) is 12.1 Å². The molecule has 0 aromatic heterocycles. The van der Waals surface area contributed by atoms with Crippen LogP contribution in [0.2, 0.25) is 0 Å². The highest BCUT2D eigenvalue weighted by Gasteiger charge is 2.18. The highest BCUT2D eigenvalue weighted by atomic mass is 79.9. The smallest absolute Gasteiger partial charge is 0.206 e. The van der Waals surface area contributed by atoms with Gasteiger partial charge in [0.2, 0.25) is 9.84 Å². The van der Waals surface area contributed by atoms with Gasteiger partial charge in [-0.05, 0) is 55.0 Å². The Kier molecular flexibility index (Phi) is 3.54. The first-order valence-corrected chi connectivity index (χ1v) is 7.46. The zero-order valence-electron chi connectivity index (χ0n) is 9.52. The molecule has 0 saturated heterocycles. The van der Waals surface area contributed by atoms with Crippen molar-refractivity contribution in [2.24, 2.45) is 0 Å². The van der Waals surface area contributed by atoms with Crippen LogP contribution < -0.4 is 0 Å². The van der Waals surface area contributed by atoms with Gasteiger partial charge in [-0.15, -0.1) is 0 Å². The molecule has 0 spiro atoms. The minimum atomic E-state index is -3.58. The maximum atomic E-state index is 12.8. The van der Waals surface area contributed by atoms with Crippen LogP contribution in [-0.4, -0.2) is 8.42 Å². The van der Waals surface area contributed by atoms with E-state index >= 15 is 0 Å². The van der Waals surface area contributed by atoms with Gasteiger partial charge in [0.05, 0.1) is 9.79 Å². The molecular weight excluding hydrogens is 319 g/mol. The van der Waals surface area contributed by atoms with E-state index in [-0.39, 0.29) is 9.79 Å². The number of halogens is 2. The molecule has 0 heterocycles. The van der Waals surface area contributed by atoms with Crippen molar-refractivity contribution in [3.8, 4) is 0 Å².